The van der Waals surface area contributed by atoms with Crippen LogP contribution in [-0.4, -0.2) is 4.98 Å². The van der Waals surface area contributed by atoms with Gasteiger partial charge in [0.1, 0.15) is 5.56 Å². The third-order valence-electron chi connectivity index (χ3n) is 1.90. The molecule has 0 aliphatic heterocycles. The van der Waals surface area contributed by atoms with Gasteiger partial charge in [0.25, 0.3) is 6.43 Å². The molecule has 0 bridgehead atoms. The Morgan fingerprint density at radius 3 is 2.41 bits per heavy atom. The lowest BCUT2D eigenvalue weighted by Crippen LogP contribution is -2.24. The first-order chi connectivity index (χ1) is 7.77. The molecule has 1 rings (SSSR count). The van der Waals surface area contributed by atoms with Gasteiger partial charge in [-0.2, -0.15) is 18.4 Å². The van der Waals surface area contributed by atoms with E-state index in [4.69, 9.17) is 5.26 Å². The van der Waals surface area contributed by atoms with Gasteiger partial charge in [-0.3, -0.25) is 4.79 Å². The molecule has 0 unspecified atom stereocenters. The van der Waals surface area contributed by atoms with E-state index < -0.39 is 41.4 Å². The molecule has 0 aliphatic carbocycles. The molecule has 1 heterocycles. The van der Waals surface area contributed by atoms with Crippen LogP contribution in [0.25, 0.3) is 0 Å². The molecule has 0 radical (unpaired) electrons. The maximum absolute atomic E-state index is 12.4. The lowest BCUT2D eigenvalue weighted by molar-refractivity contribution is -0.139. The molecule has 3 nitrogen and oxygen atoms in total. The summed E-state index contributed by atoms with van der Waals surface area (Å²) < 4.78 is 61.9. The Morgan fingerprint density at radius 2 is 2.00 bits per heavy atom. The highest BCUT2D eigenvalue weighted by molar-refractivity contribution is 5.28. The number of aromatic nitrogens is 1. The van der Waals surface area contributed by atoms with Crippen molar-refractivity contribution in [2.75, 3.05) is 0 Å². The van der Waals surface area contributed by atoms with Crippen LogP contribution in [0, 0.1) is 11.3 Å². The van der Waals surface area contributed by atoms with E-state index in [-0.39, 0.29) is 6.07 Å². The van der Waals surface area contributed by atoms with Crippen LogP contribution in [0.3, 0.4) is 0 Å². The number of nitriles is 1. The van der Waals surface area contributed by atoms with Crippen molar-refractivity contribution in [3.63, 3.8) is 0 Å². The predicted molar refractivity (Wildman–Crippen MR) is 46.3 cm³/mol. The van der Waals surface area contributed by atoms with Crippen LogP contribution < -0.4 is 5.43 Å². The molecule has 0 saturated heterocycles. The van der Waals surface area contributed by atoms with Gasteiger partial charge in [0.2, 0.25) is 0 Å². The highest BCUT2D eigenvalue weighted by Gasteiger charge is 2.37. The first-order valence-corrected chi connectivity index (χ1v) is 4.25. The molecule has 0 aliphatic rings. The summed E-state index contributed by atoms with van der Waals surface area (Å²) in [6.07, 6.45) is -8.90. The Balaban J connectivity index is 3.51. The lowest BCUT2D eigenvalue weighted by atomic mass is 10.1. The Labute approximate surface area is 91.5 Å². The summed E-state index contributed by atoms with van der Waals surface area (Å²) in [6, 6.07) is 1.56. The van der Waals surface area contributed by atoms with Crippen LogP contribution in [0.2, 0.25) is 0 Å². The highest BCUT2D eigenvalue weighted by Crippen LogP contribution is 2.29. The summed E-state index contributed by atoms with van der Waals surface area (Å²) in [5, 5.41) is 8.30. The van der Waals surface area contributed by atoms with Gasteiger partial charge in [0, 0.05) is 11.8 Å². The molecule has 0 saturated carbocycles. The lowest BCUT2D eigenvalue weighted by Gasteiger charge is -2.11. The van der Waals surface area contributed by atoms with E-state index in [9.17, 15) is 26.7 Å². The zero-order chi connectivity index (χ0) is 13.2. The van der Waals surface area contributed by atoms with Gasteiger partial charge in [0.15, 0.2) is 5.43 Å². The second kappa shape index (κ2) is 4.53. The van der Waals surface area contributed by atoms with E-state index >= 15 is 0 Å². The quantitative estimate of drug-likeness (QED) is 0.821. The first kappa shape index (κ1) is 13.2. The molecule has 17 heavy (non-hydrogen) atoms. The van der Waals surface area contributed by atoms with E-state index in [1.54, 1.807) is 4.98 Å². The van der Waals surface area contributed by atoms with Crippen LogP contribution in [0.4, 0.5) is 22.0 Å². The monoisotopic (exact) mass is 252 g/mol. The van der Waals surface area contributed by atoms with Crippen molar-refractivity contribution in [2.24, 2.45) is 0 Å². The zero-order valence-corrected chi connectivity index (χ0v) is 8.11. The van der Waals surface area contributed by atoms with E-state index in [0.717, 1.165) is 0 Å². The molecule has 8 heteroatoms. The molecule has 1 aromatic rings. The molecule has 92 valence electrons. The summed E-state index contributed by atoms with van der Waals surface area (Å²) in [5.41, 5.74) is -4.96. The first-order valence-electron chi connectivity index (χ1n) is 4.25. The third-order valence-corrected chi connectivity index (χ3v) is 1.90. The minimum absolute atomic E-state index is 0.189. The number of rotatable bonds is 2. The normalized spacial score (nSPS) is 11.6. The number of aromatic amines is 1. The Hall–Kier alpha value is -1.91. The number of nitrogens with zero attached hydrogens (tertiary/aromatic N) is 1. The number of H-pyrrole nitrogens is 1. The van der Waals surface area contributed by atoms with Gasteiger partial charge in [-0.15, -0.1) is 0 Å². The summed E-state index contributed by atoms with van der Waals surface area (Å²) in [6.45, 7) is 0. The molecule has 1 N–H and O–H groups in total. The number of pyridine rings is 1. The van der Waals surface area contributed by atoms with Crippen molar-refractivity contribution in [2.45, 2.75) is 19.0 Å². The molecule has 0 fully saturated rings. The SMILES string of the molecule is N#CCc1[nH]c(C(F)F)cc(=O)c1C(F)(F)F. The molecule has 0 atom stereocenters. The fourth-order valence-corrected chi connectivity index (χ4v) is 1.27. The zero-order valence-electron chi connectivity index (χ0n) is 8.11. The minimum atomic E-state index is -4.99. The number of hydrogen-bond donors (Lipinski definition) is 1. The standard InChI is InChI=1S/C9H5F5N2O/c10-8(11)5-3-6(17)7(9(12,13)14)4(16-5)1-2-15/h3,8H,1H2,(H,16,17). The van der Waals surface area contributed by atoms with Crippen LogP contribution in [0.15, 0.2) is 10.9 Å². The van der Waals surface area contributed by atoms with Crippen LogP contribution in [0.1, 0.15) is 23.4 Å². The fourth-order valence-electron chi connectivity index (χ4n) is 1.27. The van der Waals surface area contributed by atoms with E-state index in [0.29, 0.717) is 0 Å². The third kappa shape index (κ3) is 2.81. The van der Waals surface area contributed by atoms with Crippen LogP contribution in [-0.2, 0) is 12.6 Å². The number of alkyl halides is 5. The number of hydrogen-bond acceptors (Lipinski definition) is 2. The maximum Gasteiger partial charge on any atom is 0.421 e. The highest BCUT2D eigenvalue weighted by atomic mass is 19.4. The van der Waals surface area contributed by atoms with Crippen LogP contribution in [0.5, 0.6) is 0 Å². The van der Waals surface area contributed by atoms with Gasteiger partial charge in [-0.1, -0.05) is 0 Å². The average Bonchev–Trinajstić information content (AvgIpc) is 2.14. The van der Waals surface area contributed by atoms with Gasteiger partial charge in [0.05, 0.1) is 18.2 Å². The topological polar surface area (TPSA) is 56.6 Å². The fraction of sp³-hybridized carbons (Fsp3) is 0.333. The summed E-state index contributed by atoms with van der Waals surface area (Å²) in [5.74, 6) is 0. The van der Waals surface area contributed by atoms with Crippen molar-refractivity contribution >= 4 is 0 Å². The Bertz CT molecular complexity index is 512. The minimum Gasteiger partial charge on any atom is -0.356 e. The number of halogens is 5. The van der Waals surface area contributed by atoms with Gasteiger partial charge in [-0.25, -0.2) is 8.78 Å². The summed E-state index contributed by atoms with van der Waals surface area (Å²) in [4.78, 5) is 12.9. The maximum atomic E-state index is 12.4. The predicted octanol–water partition coefficient (Wildman–Crippen LogP) is 2.40. The molecular formula is C9H5F5N2O. The molecule has 0 amide bonds. The largest absolute Gasteiger partial charge is 0.421 e. The Kier molecular flexibility index (Phi) is 3.50. The van der Waals surface area contributed by atoms with E-state index in [2.05, 4.69) is 0 Å². The smallest absolute Gasteiger partial charge is 0.356 e. The van der Waals surface area contributed by atoms with Gasteiger partial charge < -0.3 is 4.98 Å². The van der Waals surface area contributed by atoms with Crippen molar-refractivity contribution in [1.29, 1.82) is 5.26 Å². The molecular weight excluding hydrogens is 247 g/mol. The Morgan fingerprint density at radius 1 is 1.41 bits per heavy atom. The molecule has 0 aromatic carbocycles. The van der Waals surface area contributed by atoms with E-state index in [1.165, 1.54) is 6.07 Å². The molecule has 0 spiro atoms. The van der Waals surface area contributed by atoms with Crippen molar-refractivity contribution in [3.05, 3.63) is 33.2 Å². The molecule has 1 aromatic heterocycles. The number of nitrogens with one attached hydrogen (secondary N) is 1. The van der Waals surface area contributed by atoms with Gasteiger partial charge in [-0.05, 0) is 0 Å². The summed E-state index contributed by atoms with van der Waals surface area (Å²) in [7, 11) is 0. The van der Waals surface area contributed by atoms with E-state index in [1.807, 2.05) is 0 Å². The second-order valence-electron chi connectivity index (χ2n) is 3.08. The van der Waals surface area contributed by atoms with Gasteiger partial charge >= 0.3 is 6.18 Å². The van der Waals surface area contributed by atoms with Crippen molar-refractivity contribution < 1.29 is 22.0 Å². The van der Waals surface area contributed by atoms with Crippen LogP contribution >= 0.6 is 0 Å². The van der Waals surface area contributed by atoms with Crippen molar-refractivity contribution in [3.8, 4) is 6.07 Å². The second-order valence-corrected chi connectivity index (χ2v) is 3.08. The van der Waals surface area contributed by atoms with Crippen molar-refractivity contribution in [1.82, 2.24) is 4.98 Å². The summed E-state index contributed by atoms with van der Waals surface area (Å²) >= 11 is 0. The average molecular weight is 252 g/mol.